The first kappa shape index (κ1) is 21.6. The number of nitrogens with zero attached hydrogens (tertiary/aromatic N) is 1. The summed E-state index contributed by atoms with van der Waals surface area (Å²) in [7, 11) is 0. The van der Waals surface area contributed by atoms with Gasteiger partial charge in [0.1, 0.15) is 6.04 Å². The fourth-order valence-corrected chi connectivity index (χ4v) is 5.98. The smallest absolute Gasteiger partial charge is 0.325 e. The van der Waals surface area contributed by atoms with Crippen molar-refractivity contribution in [1.82, 2.24) is 4.90 Å². The van der Waals surface area contributed by atoms with E-state index in [-0.39, 0.29) is 23.8 Å². The van der Waals surface area contributed by atoms with Gasteiger partial charge in [0, 0.05) is 27.5 Å². The number of fused-ring (bicyclic) bond motifs is 1. The minimum Gasteiger partial charge on any atom is -0.443 e. The Morgan fingerprint density at radius 3 is 2.37 bits per heavy atom. The molecule has 4 atom stereocenters. The number of hydrogen-bond donors (Lipinski definition) is 1. The minimum atomic E-state index is -0.728. The van der Waals surface area contributed by atoms with Crippen LogP contribution in [-0.2, 0) is 16.0 Å². The highest BCUT2D eigenvalue weighted by atomic mass is 35.5. The van der Waals surface area contributed by atoms with E-state index in [0.29, 0.717) is 16.5 Å². The van der Waals surface area contributed by atoms with Crippen molar-refractivity contribution in [3.8, 4) is 0 Å². The first-order valence-electron chi connectivity index (χ1n) is 10.3. The molecule has 0 aliphatic carbocycles. The summed E-state index contributed by atoms with van der Waals surface area (Å²) in [4.78, 5) is 15.3. The van der Waals surface area contributed by atoms with Crippen molar-refractivity contribution in [2.75, 3.05) is 0 Å². The molecular formula is C24H28Cl2N2O2. The van der Waals surface area contributed by atoms with Crippen LogP contribution in [0.25, 0.3) is 0 Å². The van der Waals surface area contributed by atoms with Crippen LogP contribution in [0, 0.1) is 5.92 Å². The Morgan fingerprint density at radius 1 is 1.10 bits per heavy atom. The second kappa shape index (κ2) is 7.52. The van der Waals surface area contributed by atoms with E-state index in [1.54, 1.807) is 0 Å². The van der Waals surface area contributed by atoms with Crippen LogP contribution < -0.4 is 5.73 Å². The molecular weight excluding hydrogens is 419 g/mol. The largest absolute Gasteiger partial charge is 0.443 e. The molecule has 6 heteroatoms. The van der Waals surface area contributed by atoms with Gasteiger partial charge < -0.3 is 10.5 Å². The zero-order chi connectivity index (χ0) is 21.8. The molecule has 2 aromatic carbocycles. The molecule has 2 N–H and O–H groups in total. The highest BCUT2D eigenvalue weighted by Crippen LogP contribution is 2.54. The summed E-state index contributed by atoms with van der Waals surface area (Å²) in [5.41, 5.74) is 7.98. The maximum absolute atomic E-state index is 13.1. The van der Waals surface area contributed by atoms with Gasteiger partial charge in [0.05, 0.1) is 0 Å². The van der Waals surface area contributed by atoms with Crippen LogP contribution in [0.4, 0.5) is 0 Å². The highest BCUT2D eigenvalue weighted by Gasteiger charge is 2.68. The third-order valence-electron chi connectivity index (χ3n) is 6.52. The summed E-state index contributed by atoms with van der Waals surface area (Å²) in [5.74, 6) is -0.268. The van der Waals surface area contributed by atoms with Crippen molar-refractivity contribution >= 4 is 29.2 Å². The maximum atomic E-state index is 13.1. The first-order chi connectivity index (χ1) is 14.0. The monoisotopic (exact) mass is 446 g/mol. The van der Waals surface area contributed by atoms with E-state index in [9.17, 15) is 4.79 Å². The number of halogens is 2. The van der Waals surface area contributed by atoms with Crippen LogP contribution in [0.1, 0.15) is 44.7 Å². The molecule has 160 valence electrons. The lowest BCUT2D eigenvalue weighted by Crippen LogP contribution is -2.60. The van der Waals surface area contributed by atoms with Crippen LogP contribution in [0.2, 0.25) is 10.0 Å². The van der Waals surface area contributed by atoms with Gasteiger partial charge in [0.25, 0.3) is 0 Å². The van der Waals surface area contributed by atoms with Crippen molar-refractivity contribution in [2.24, 2.45) is 11.7 Å². The van der Waals surface area contributed by atoms with Gasteiger partial charge in [-0.25, -0.2) is 4.90 Å². The third kappa shape index (κ3) is 3.44. The van der Waals surface area contributed by atoms with E-state index >= 15 is 0 Å². The quantitative estimate of drug-likeness (QED) is 0.669. The number of nitrogens with two attached hydrogens (primary N) is 1. The minimum absolute atomic E-state index is 0.0661. The lowest BCUT2D eigenvalue weighted by Gasteiger charge is -2.43. The van der Waals surface area contributed by atoms with E-state index in [1.165, 1.54) is 0 Å². The second-order valence-corrected chi connectivity index (χ2v) is 10.2. The van der Waals surface area contributed by atoms with Gasteiger partial charge >= 0.3 is 5.97 Å². The maximum Gasteiger partial charge on any atom is 0.325 e. The number of cyclic esters (lactones) is 1. The Morgan fingerprint density at radius 2 is 1.77 bits per heavy atom. The molecule has 0 saturated carbocycles. The van der Waals surface area contributed by atoms with Crippen LogP contribution in [-0.4, -0.2) is 34.2 Å². The molecule has 2 aliphatic heterocycles. The second-order valence-electron chi connectivity index (χ2n) is 9.36. The first-order valence-corrected chi connectivity index (χ1v) is 11.1. The Labute approximate surface area is 188 Å². The Kier molecular flexibility index (Phi) is 5.43. The van der Waals surface area contributed by atoms with E-state index in [4.69, 9.17) is 33.7 Å². The average molecular weight is 447 g/mol. The molecule has 2 aromatic rings. The molecule has 2 fully saturated rings. The van der Waals surface area contributed by atoms with Gasteiger partial charge in [-0.3, -0.25) is 4.79 Å². The molecule has 30 heavy (non-hydrogen) atoms. The van der Waals surface area contributed by atoms with E-state index in [1.807, 2.05) is 62.4 Å². The topological polar surface area (TPSA) is 55.6 Å². The number of esters is 1. The molecule has 4 nitrogen and oxygen atoms in total. The van der Waals surface area contributed by atoms with E-state index in [0.717, 1.165) is 11.1 Å². The Hall–Kier alpha value is -1.59. The number of benzene rings is 2. The molecule has 2 aliphatic rings. The summed E-state index contributed by atoms with van der Waals surface area (Å²) < 4.78 is 5.82. The standard InChI is InChI=1S/C24H28Cl2N2O2/c1-14(2)21-24(27,13-15-8-10-17(25)11-9-15)19(16-6-5-7-18(26)12-16)20-22(29)30-23(3,4)28(20)21/h5-12,14,19-21H,13,27H2,1-4H3/t19-,20+,21-,24-/m0/s1. The van der Waals surface area contributed by atoms with Crippen LogP contribution in [0.5, 0.6) is 0 Å². The van der Waals surface area contributed by atoms with E-state index in [2.05, 4.69) is 18.7 Å². The Bertz CT molecular complexity index is 960. The fraction of sp³-hybridized carbons (Fsp3) is 0.458. The summed E-state index contributed by atoms with van der Waals surface area (Å²) in [6, 6.07) is 15.0. The van der Waals surface area contributed by atoms with Gasteiger partial charge in [0.15, 0.2) is 5.72 Å². The van der Waals surface area contributed by atoms with Gasteiger partial charge in [-0.1, -0.05) is 61.3 Å². The summed E-state index contributed by atoms with van der Waals surface area (Å²) in [6.45, 7) is 8.21. The zero-order valence-corrected chi connectivity index (χ0v) is 19.2. The van der Waals surface area contributed by atoms with Gasteiger partial charge in [0.2, 0.25) is 0 Å². The molecule has 0 radical (unpaired) electrons. The number of carbonyl (C=O) groups is 1. The average Bonchev–Trinajstić information content (AvgIpc) is 3.05. The normalized spacial score (nSPS) is 30.5. The summed E-state index contributed by atoms with van der Waals surface area (Å²) in [5, 5.41) is 1.32. The van der Waals surface area contributed by atoms with Crippen LogP contribution in [0.15, 0.2) is 48.5 Å². The SMILES string of the molecule is CC(C)[C@@H]1N2[C@@H](C(=O)OC2(C)C)[C@H](c2cccc(Cl)c2)[C@@]1(N)Cc1ccc(Cl)cc1. The molecule has 4 rings (SSSR count). The molecule has 0 spiro atoms. The summed E-state index contributed by atoms with van der Waals surface area (Å²) in [6.07, 6.45) is 0.612. The number of ether oxygens (including phenoxy) is 1. The molecule has 2 heterocycles. The van der Waals surface area contributed by atoms with Crippen molar-refractivity contribution in [2.45, 2.75) is 63.4 Å². The van der Waals surface area contributed by atoms with E-state index < -0.39 is 17.3 Å². The van der Waals surface area contributed by atoms with Crippen molar-refractivity contribution in [1.29, 1.82) is 0 Å². The van der Waals surface area contributed by atoms with Crippen molar-refractivity contribution in [3.05, 3.63) is 69.7 Å². The number of carbonyl (C=O) groups excluding carboxylic acids is 1. The molecule has 0 bridgehead atoms. The molecule has 0 aromatic heterocycles. The van der Waals surface area contributed by atoms with Crippen LogP contribution >= 0.6 is 23.2 Å². The third-order valence-corrected chi connectivity index (χ3v) is 7.01. The zero-order valence-electron chi connectivity index (χ0n) is 17.7. The highest BCUT2D eigenvalue weighted by molar-refractivity contribution is 6.30. The lowest BCUT2D eigenvalue weighted by molar-refractivity contribution is -0.153. The molecule has 0 amide bonds. The predicted molar refractivity (Wildman–Crippen MR) is 121 cm³/mol. The number of rotatable bonds is 4. The van der Waals surface area contributed by atoms with Gasteiger partial charge in [-0.05, 0) is 61.6 Å². The van der Waals surface area contributed by atoms with Crippen molar-refractivity contribution in [3.63, 3.8) is 0 Å². The number of hydrogen-bond acceptors (Lipinski definition) is 4. The molecule has 2 saturated heterocycles. The lowest BCUT2D eigenvalue weighted by atomic mass is 9.70. The molecule has 0 unspecified atom stereocenters. The predicted octanol–water partition coefficient (Wildman–Crippen LogP) is 5.02. The fourth-order valence-electron chi connectivity index (χ4n) is 5.65. The van der Waals surface area contributed by atoms with Gasteiger partial charge in [-0.2, -0.15) is 0 Å². The van der Waals surface area contributed by atoms with Crippen molar-refractivity contribution < 1.29 is 9.53 Å². The Balaban J connectivity index is 1.90. The summed E-state index contributed by atoms with van der Waals surface area (Å²) >= 11 is 12.4. The van der Waals surface area contributed by atoms with Crippen LogP contribution in [0.3, 0.4) is 0 Å². The van der Waals surface area contributed by atoms with Gasteiger partial charge in [-0.15, -0.1) is 0 Å².